The average molecular weight is 329 g/mol. The quantitative estimate of drug-likeness (QED) is 0.833. The van der Waals surface area contributed by atoms with Crippen LogP contribution >= 0.6 is 0 Å². The molecule has 0 saturated carbocycles. The zero-order valence-corrected chi connectivity index (χ0v) is 12.0. The number of primary amides is 1. The number of nitrogens with zero attached hydrogens (tertiary/aromatic N) is 6. The van der Waals surface area contributed by atoms with Gasteiger partial charge in [-0.15, -0.1) is 15.3 Å². The number of carbonyl (C=O) groups is 1. The van der Waals surface area contributed by atoms with E-state index in [9.17, 15) is 18.0 Å². The standard InChI is InChI=1S/C12H14F3N7O/c13-12(14,15)10-18-17-8-2-3-9(19-22(8)10)20-4-1-5-21(7-6-20)11(16)23/h2-3H,1,4-7H2,(H2,16,23). The van der Waals surface area contributed by atoms with Gasteiger partial charge in [0.15, 0.2) is 5.65 Å². The van der Waals surface area contributed by atoms with E-state index in [0.29, 0.717) is 42.9 Å². The Morgan fingerprint density at radius 2 is 1.91 bits per heavy atom. The second-order valence-corrected chi connectivity index (χ2v) is 5.15. The highest BCUT2D eigenvalue weighted by Gasteiger charge is 2.37. The van der Waals surface area contributed by atoms with Gasteiger partial charge in [0.25, 0.3) is 5.82 Å². The number of fused-ring (bicyclic) bond motifs is 1. The highest BCUT2D eigenvalue weighted by molar-refractivity contribution is 5.72. The molecule has 3 heterocycles. The molecule has 2 aromatic rings. The maximum atomic E-state index is 12.9. The van der Waals surface area contributed by atoms with Gasteiger partial charge < -0.3 is 15.5 Å². The summed E-state index contributed by atoms with van der Waals surface area (Å²) in [6.07, 6.45) is -3.98. The van der Waals surface area contributed by atoms with E-state index < -0.39 is 18.0 Å². The Hall–Kier alpha value is -2.59. The molecule has 11 heteroatoms. The summed E-state index contributed by atoms with van der Waals surface area (Å²) in [5.41, 5.74) is 5.28. The Morgan fingerprint density at radius 1 is 1.13 bits per heavy atom. The van der Waals surface area contributed by atoms with Crippen LogP contribution in [0.4, 0.5) is 23.8 Å². The SMILES string of the molecule is NC(=O)N1CCCN(c2ccc3nnc(C(F)(F)F)n3n2)CC1. The van der Waals surface area contributed by atoms with Crippen LogP contribution in [0.25, 0.3) is 5.65 Å². The molecule has 0 bridgehead atoms. The third kappa shape index (κ3) is 2.98. The summed E-state index contributed by atoms with van der Waals surface area (Å²) in [7, 11) is 0. The summed E-state index contributed by atoms with van der Waals surface area (Å²) in [6, 6.07) is 2.51. The summed E-state index contributed by atoms with van der Waals surface area (Å²) >= 11 is 0. The van der Waals surface area contributed by atoms with Gasteiger partial charge in [0.05, 0.1) is 0 Å². The molecule has 3 rings (SSSR count). The Labute approximate surface area is 128 Å². The second kappa shape index (κ2) is 5.56. The molecular weight excluding hydrogens is 315 g/mol. The van der Waals surface area contributed by atoms with E-state index in [1.165, 1.54) is 11.0 Å². The van der Waals surface area contributed by atoms with Crippen LogP contribution in [0.15, 0.2) is 12.1 Å². The van der Waals surface area contributed by atoms with Crippen molar-refractivity contribution in [3.8, 4) is 0 Å². The smallest absolute Gasteiger partial charge is 0.353 e. The topological polar surface area (TPSA) is 92.7 Å². The molecule has 2 aromatic heterocycles. The number of carbonyl (C=O) groups excluding carboxylic acids is 1. The van der Waals surface area contributed by atoms with Crippen LogP contribution in [-0.2, 0) is 6.18 Å². The van der Waals surface area contributed by atoms with E-state index in [2.05, 4.69) is 15.3 Å². The van der Waals surface area contributed by atoms with Crippen molar-refractivity contribution in [1.82, 2.24) is 24.7 Å². The minimum absolute atomic E-state index is 0.0228. The highest BCUT2D eigenvalue weighted by Crippen LogP contribution is 2.28. The van der Waals surface area contributed by atoms with Gasteiger partial charge in [-0.1, -0.05) is 0 Å². The van der Waals surface area contributed by atoms with Crippen LogP contribution in [0, 0.1) is 0 Å². The molecule has 0 atom stereocenters. The number of rotatable bonds is 1. The minimum atomic E-state index is -4.63. The van der Waals surface area contributed by atoms with Crippen LogP contribution in [0.2, 0.25) is 0 Å². The molecule has 124 valence electrons. The minimum Gasteiger partial charge on any atom is -0.353 e. The van der Waals surface area contributed by atoms with Crippen molar-refractivity contribution in [2.24, 2.45) is 5.73 Å². The fourth-order valence-corrected chi connectivity index (χ4v) is 2.49. The lowest BCUT2D eigenvalue weighted by atomic mass is 10.3. The highest BCUT2D eigenvalue weighted by atomic mass is 19.4. The van der Waals surface area contributed by atoms with E-state index in [1.54, 1.807) is 6.07 Å². The molecule has 2 N–H and O–H groups in total. The lowest BCUT2D eigenvalue weighted by Gasteiger charge is -2.21. The number of urea groups is 1. The number of nitrogens with two attached hydrogens (primary N) is 1. The largest absolute Gasteiger partial charge is 0.453 e. The molecular formula is C12H14F3N7O. The first-order chi connectivity index (χ1) is 10.9. The molecule has 1 aliphatic heterocycles. The van der Waals surface area contributed by atoms with Crippen LogP contribution in [0.5, 0.6) is 0 Å². The number of hydrogen-bond acceptors (Lipinski definition) is 5. The maximum Gasteiger partial charge on any atom is 0.453 e. The van der Waals surface area contributed by atoms with Crippen LogP contribution in [0.3, 0.4) is 0 Å². The molecule has 0 aliphatic carbocycles. The fraction of sp³-hybridized carbons (Fsp3) is 0.500. The second-order valence-electron chi connectivity index (χ2n) is 5.15. The molecule has 0 aromatic carbocycles. The molecule has 1 saturated heterocycles. The number of amides is 2. The van der Waals surface area contributed by atoms with Crippen molar-refractivity contribution < 1.29 is 18.0 Å². The first kappa shape index (κ1) is 15.3. The lowest BCUT2D eigenvalue weighted by Crippen LogP contribution is -2.38. The number of halogens is 3. The summed E-state index contributed by atoms with van der Waals surface area (Å²) in [6.45, 7) is 1.90. The van der Waals surface area contributed by atoms with Gasteiger partial charge in [-0.2, -0.15) is 17.7 Å². The van der Waals surface area contributed by atoms with E-state index in [4.69, 9.17) is 5.73 Å². The average Bonchev–Trinajstić information content (AvgIpc) is 2.75. The van der Waals surface area contributed by atoms with Crippen LogP contribution < -0.4 is 10.6 Å². The molecule has 1 fully saturated rings. The lowest BCUT2D eigenvalue weighted by molar-refractivity contribution is -0.146. The van der Waals surface area contributed by atoms with Crippen molar-refractivity contribution in [3.05, 3.63) is 18.0 Å². The first-order valence-corrected chi connectivity index (χ1v) is 6.95. The summed E-state index contributed by atoms with van der Waals surface area (Å²) in [5, 5.41) is 10.6. The van der Waals surface area contributed by atoms with Crippen molar-refractivity contribution in [2.75, 3.05) is 31.1 Å². The summed E-state index contributed by atoms with van der Waals surface area (Å²) < 4.78 is 39.4. The normalized spacial score (nSPS) is 16.7. The van der Waals surface area contributed by atoms with Gasteiger partial charge in [-0.25, -0.2) is 4.79 Å². The third-order valence-corrected chi connectivity index (χ3v) is 3.63. The monoisotopic (exact) mass is 329 g/mol. The number of anilines is 1. The van der Waals surface area contributed by atoms with Gasteiger partial charge in [0.1, 0.15) is 5.82 Å². The molecule has 0 spiro atoms. The van der Waals surface area contributed by atoms with Crippen molar-refractivity contribution >= 4 is 17.5 Å². The van der Waals surface area contributed by atoms with Gasteiger partial charge in [-0.05, 0) is 18.6 Å². The van der Waals surface area contributed by atoms with Crippen molar-refractivity contribution in [1.29, 1.82) is 0 Å². The van der Waals surface area contributed by atoms with Gasteiger partial charge in [0, 0.05) is 26.2 Å². The molecule has 0 unspecified atom stereocenters. The van der Waals surface area contributed by atoms with Gasteiger partial charge in [-0.3, -0.25) is 0 Å². The van der Waals surface area contributed by atoms with E-state index in [1.807, 2.05) is 4.90 Å². The summed E-state index contributed by atoms with van der Waals surface area (Å²) in [4.78, 5) is 14.5. The Kier molecular flexibility index (Phi) is 3.70. The number of alkyl halides is 3. The Bertz CT molecular complexity index is 729. The molecule has 0 radical (unpaired) electrons. The molecule has 2 amide bonds. The Balaban J connectivity index is 1.89. The fourth-order valence-electron chi connectivity index (χ4n) is 2.49. The molecule has 23 heavy (non-hydrogen) atoms. The first-order valence-electron chi connectivity index (χ1n) is 6.95. The molecule has 8 nitrogen and oxygen atoms in total. The van der Waals surface area contributed by atoms with Crippen molar-refractivity contribution in [3.63, 3.8) is 0 Å². The van der Waals surface area contributed by atoms with Crippen molar-refractivity contribution in [2.45, 2.75) is 12.6 Å². The predicted molar refractivity (Wildman–Crippen MR) is 73.8 cm³/mol. The summed E-state index contributed by atoms with van der Waals surface area (Å²) in [5.74, 6) is -0.794. The van der Waals surface area contributed by atoms with Gasteiger partial charge >= 0.3 is 12.2 Å². The van der Waals surface area contributed by atoms with Gasteiger partial charge in [0.2, 0.25) is 0 Å². The third-order valence-electron chi connectivity index (χ3n) is 3.63. The zero-order chi connectivity index (χ0) is 16.6. The van der Waals surface area contributed by atoms with E-state index in [-0.39, 0.29) is 5.65 Å². The van der Waals surface area contributed by atoms with E-state index in [0.717, 1.165) is 0 Å². The Morgan fingerprint density at radius 3 is 2.61 bits per heavy atom. The zero-order valence-electron chi connectivity index (χ0n) is 12.0. The predicted octanol–water partition coefficient (Wildman–Crippen LogP) is 0.734. The number of hydrogen-bond donors (Lipinski definition) is 1. The van der Waals surface area contributed by atoms with Crippen LogP contribution in [0.1, 0.15) is 12.2 Å². The van der Waals surface area contributed by atoms with Crippen LogP contribution in [-0.4, -0.2) is 56.9 Å². The number of aromatic nitrogens is 4. The molecule has 1 aliphatic rings. The maximum absolute atomic E-state index is 12.9. The van der Waals surface area contributed by atoms with E-state index >= 15 is 0 Å².